The van der Waals surface area contributed by atoms with Crippen LogP contribution in [-0.2, 0) is 9.53 Å². The molecule has 1 atom stereocenters. The number of carbonyl (C=O) groups is 2. The molecule has 1 rings (SSSR count). The van der Waals surface area contributed by atoms with Crippen LogP contribution in [0.3, 0.4) is 0 Å². The lowest BCUT2D eigenvalue weighted by atomic mass is 10.1. The van der Waals surface area contributed by atoms with E-state index in [1.807, 2.05) is 0 Å². The monoisotopic (exact) mass is 295 g/mol. The van der Waals surface area contributed by atoms with Crippen molar-refractivity contribution < 1.29 is 23.8 Å². The second kappa shape index (κ2) is 7.52. The van der Waals surface area contributed by atoms with Crippen molar-refractivity contribution >= 4 is 11.9 Å². The molecule has 0 bridgehead atoms. The zero-order chi connectivity index (χ0) is 16.0. The fraction of sp³-hybridized carbons (Fsp3) is 0.467. The van der Waals surface area contributed by atoms with Crippen LogP contribution in [-0.4, -0.2) is 51.7 Å². The molecule has 1 unspecified atom stereocenters. The van der Waals surface area contributed by atoms with Gasteiger partial charge in [0.1, 0.15) is 11.5 Å². The Labute approximate surface area is 124 Å². The number of carbonyl (C=O) groups excluding carboxylic acids is 2. The van der Waals surface area contributed by atoms with Gasteiger partial charge >= 0.3 is 5.97 Å². The average molecular weight is 295 g/mol. The summed E-state index contributed by atoms with van der Waals surface area (Å²) in [5.74, 6) is 0.0150. The maximum Gasteiger partial charge on any atom is 0.310 e. The third-order valence-corrected chi connectivity index (χ3v) is 3.14. The van der Waals surface area contributed by atoms with E-state index in [1.54, 1.807) is 32.2 Å². The number of hydrogen-bond acceptors (Lipinski definition) is 5. The predicted molar refractivity (Wildman–Crippen MR) is 77.7 cm³/mol. The van der Waals surface area contributed by atoms with E-state index in [-0.39, 0.29) is 18.4 Å². The number of esters is 1. The Morgan fingerprint density at radius 2 is 1.86 bits per heavy atom. The van der Waals surface area contributed by atoms with Crippen LogP contribution in [0.4, 0.5) is 0 Å². The molecule has 0 aliphatic heterocycles. The molecule has 6 heteroatoms. The molecule has 21 heavy (non-hydrogen) atoms. The Hall–Kier alpha value is -2.24. The second-order valence-corrected chi connectivity index (χ2v) is 4.68. The van der Waals surface area contributed by atoms with E-state index in [2.05, 4.69) is 4.74 Å². The molecule has 1 amide bonds. The molecule has 0 fully saturated rings. The number of hydrogen-bond donors (Lipinski definition) is 0. The quantitative estimate of drug-likeness (QED) is 0.746. The van der Waals surface area contributed by atoms with E-state index in [9.17, 15) is 9.59 Å². The van der Waals surface area contributed by atoms with Crippen LogP contribution < -0.4 is 9.47 Å². The fourth-order valence-electron chi connectivity index (χ4n) is 1.96. The summed E-state index contributed by atoms with van der Waals surface area (Å²) in [4.78, 5) is 25.4. The van der Waals surface area contributed by atoms with E-state index in [4.69, 9.17) is 9.47 Å². The summed E-state index contributed by atoms with van der Waals surface area (Å²) in [6.45, 7) is 1.96. The zero-order valence-corrected chi connectivity index (χ0v) is 13.0. The molecule has 1 aromatic rings. The Morgan fingerprint density at radius 3 is 2.38 bits per heavy atom. The number of nitrogens with zero attached hydrogens (tertiary/aromatic N) is 1. The molecule has 0 saturated carbocycles. The fourth-order valence-corrected chi connectivity index (χ4v) is 1.96. The van der Waals surface area contributed by atoms with Crippen molar-refractivity contribution in [2.75, 3.05) is 34.9 Å². The smallest absolute Gasteiger partial charge is 0.310 e. The molecule has 6 nitrogen and oxygen atoms in total. The van der Waals surface area contributed by atoms with Gasteiger partial charge in [-0.1, -0.05) is 6.92 Å². The van der Waals surface area contributed by atoms with Gasteiger partial charge in [-0.2, -0.15) is 0 Å². The van der Waals surface area contributed by atoms with Gasteiger partial charge in [-0.3, -0.25) is 9.59 Å². The number of ether oxygens (including phenoxy) is 3. The van der Waals surface area contributed by atoms with Gasteiger partial charge in [-0.15, -0.1) is 0 Å². The summed E-state index contributed by atoms with van der Waals surface area (Å²) >= 11 is 0. The summed E-state index contributed by atoms with van der Waals surface area (Å²) < 4.78 is 15.0. The highest BCUT2D eigenvalue weighted by molar-refractivity contribution is 5.97. The van der Waals surface area contributed by atoms with E-state index in [0.717, 1.165) is 0 Å². The molecule has 0 aliphatic carbocycles. The molecule has 0 spiro atoms. The van der Waals surface area contributed by atoms with Crippen LogP contribution in [0.2, 0.25) is 0 Å². The summed E-state index contributed by atoms with van der Waals surface area (Å²) in [6.07, 6.45) is 0. The first-order valence-electron chi connectivity index (χ1n) is 6.49. The van der Waals surface area contributed by atoms with Gasteiger partial charge in [0.25, 0.3) is 5.91 Å². The standard InChI is InChI=1S/C15H21NO5/c1-10(15(18)21-5)9-16(2)14(17)12-8-11(19-3)6-7-13(12)20-4/h6-8,10H,9H2,1-5H3. The lowest BCUT2D eigenvalue weighted by molar-refractivity contribution is -0.145. The van der Waals surface area contributed by atoms with Gasteiger partial charge in [-0.25, -0.2) is 0 Å². The molecule has 0 radical (unpaired) electrons. The molecular formula is C15H21NO5. The number of rotatable bonds is 6. The molecule has 0 aliphatic rings. The van der Waals surface area contributed by atoms with Crippen LogP contribution >= 0.6 is 0 Å². The van der Waals surface area contributed by atoms with Gasteiger partial charge in [0.05, 0.1) is 32.8 Å². The predicted octanol–water partition coefficient (Wildman–Crippen LogP) is 1.58. The highest BCUT2D eigenvalue weighted by Crippen LogP contribution is 2.25. The van der Waals surface area contributed by atoms with Crippen molar-refractivity contribution in [3.8, 4) is 11.5 Å². The normalized spacial score (nSPS) is 11.5. The van der Waals surface area contributed by atoms with Crippen molar-refractivity contribution in [2.24, 2.45) is 5.92 Å². The van der Waals surface area contributed by atoms with Crippen molar-refractivity contribution in [1.29, 1.82) is 0 Å². The minimum atomic E-state index is -0.402. The first kappa shape index (κ1) is 16.8. The Kier molecular flexibility index (Phi) is 6.02. The van der Waals surface area contributed by atoms with E-state index < -0.39 is 5.92 Å². The lowest BCUT2D eigenvalue weighted by Crippen LogP contribution is -2.34. The molecule has 116 valence electrons. The third kappa shape index (κ3) is 4.11. The SMILES string of the molecule is COC(=O)C(C)CN(C)C(=O)c1cc(OC)ccc1OC. The van der Waals surface area contributed by atoms with E-state index in [0.29, 0.717) is 17.1 Å². The molecule has 0 N–H and O–H groups in total. The minimum Gasteiger partial charge on any atom is -0.497 e. The summed E-state index contributed by atoms with van der Waals surface area (Å²) in [7, 11) is 5.97. The zero-order valence-electron chi connectivity index (χ0n) is 13.0. The van der Waals surface area contributed by atoms with Crippen molar-refractivity contribution in [1.82, 2.24) is 4.90 Å². The van der Waals surface area contributed by atoms with Crippen LogP contribution in [0.25, 0.3) is 0 Å². The lowest BCUT2D eigenvalue weighted by Gasteiger charge is -2.21. The summed E-state index contributed by atoms with van der Waals surface area (Å²) in [5.41, 5.74) is 0.386. The maximum atomic E-state index is 12.5. The van der Waals surface area contributed by atoms with E-state index >= 15 is 0 Å². The molecule has 1 aromatic carbocycles. The Morgan fingerprint density at radius 1 is 1.19 bits per heavy atom. The number of amides is 1. The van der Waals surface area contributed by atoms with Crippen molar-refractivity contribution in [3.63, 3.8) is 0 Å². The van der Waals surface area contributed by atoms with E-state index in [1.165, 1.54) is 26.2 Å². The van der Waals surface area contributed by atoms with Gasteiger partial charge < -0.3 is 19.1 Å². The number of benzene rings is 1. The Bertz CT molecular complexity index is 515. The molecule has 0 heterocycles. The maximum absolute atomic E-state index is 12.5. The average Bonchev–Trinajstić information content (AvgIpc) is 2.52. The van der Waals surface area contributed by atoms with Gasteiger partial charge in [0.2, 0.25) is 0 Å². The van der Waals surface area contributed by atoms with Gasteiger partial charge in [0, 0.05) is 13.6 Å². The molecular weight excluding hydrogens is 274 g/mol. The van der Waals surface area contributed by atoms with Crippen LogP contribution in [0, 0.1) is 5.92 Å². The number of methoxy groups -OCH3 is 3. The highest BCUT2D eigenvalue weighted by atomic mass is 16.5. The van der Waals surface area contributed by atoms with Crippen LogP contribution in [0.15, 0.2) is 18.2 Å². The topological polar surface area (TPSA) is 65.1 Å². The van der Waals surface area contributed by atoms with Gasteiger partial charge in [0.15, 0.2) is 0 Å². The van der Waals surface area contributed by atoms with Crippen LogP contribution in [0.1, 0.15) is 17.3 Å². The highest BCUT2D eigenvalue weighted by Gasteiger charge is 2.22. The summed E-state index contributed by atoms with van der Waals surface area (Å²) in [5, 5.41) is 0. The van der Waals surface area contributed by atoms with Crippen molar-refractivity contribution in [2.45, 2.75) is 6.92 Å². The third-order valence-electron chi connectivity index (χ3n) is 3.14. The second-order valence-electron chi connectivity index (χ2n) is 4.68. The summed E-state index contributed by atoms with van der Waals surface area (Å²) in [6, 6.07) is 5.00. The van der Waals surface area contributed by atoms with Gasteiger partial charge in [-0.05, 0) is 18.2 Å². The largest absolute Gasteiger partial charge is 0.497 e. The Balaban J connectivity index is 2.94. The molecule has 0 aromatic heterocycles. The van der Waals surface area contributed by atoms with Crippen molar-refractivity contribution in [3.05, 3.63) is 23.8 Å². The first-order valence-corrected chi connectivity index (χ1v) is 6.49. The first-order chi connectivity index (χ1) is 9.94. The minimum absolute atomic E-state index is 0.249. The molecule has 0 saturated heterocycles. The van der Waals surface area contributed by atoms with Crippen LogP contribution in [0.5, 0.6) is 11.5 Å².